The summed E-state index contributed by atoms with van der Waals surface area (Å²) in [4.78, 5) is 38.9. The Kier molecular flexibility index (Phi) is 4.48. The number of phenolic OH excluding ortho intramolecular Hbond substituents is 1. The predicted molar refractivity (Wildman–Crippen MR) is 120 cm³/mol. The van der Waals surface area contributed by atoms with Gasteiger partial charge in [-0.2, -0.15) is 0 Å². The summed E-state index contributed by atoms with van der Waals surface area (Å²) in [7, 11) is 1.51. The number of hydrogen-bond donors (Lipinski definition) is 2. The summed E-state index contributed by atoms with van der Waals surface area (Å²) in [6, 6.07) is 7.08. The fourth-order valence-corrected chi connectivity index (χ4v) is 4.66. The van der Waals surface area contributed by atoms with Gasteiger partial charge in [-0.1, -0.05) is 18.2 Å². The van der Waals surface area contributed by atoms with Crippen molar-refractivity contribution >= 4 is 23.4 Å². The van der Waals surface area contributed by atoms with Crippen LogP contribution in [0.4, 0.5) is 0 Å². The van der Waals surface area contributed by atoms with Crippen molar-refractivity contribution in [2.45, 2.75) is 26.2 Å². The van der Waals surface area contributed by atoms with Crippen molar-refractivity contribution in [1.29, 1.82) is 0 Å². The van der Waals surface area contributed by atoms with E-state index in [1.807, 2.05) is 0 Å². The van der Waals surface area contributed by atoms with Crippen molar-refractivity contribution in [2.75, 3.05) is 7.11 Å². The second kappa shape index (κ2) is 7.08. The Morgan fingerprint density at radius 2 is 1.82 bits per heavy atom. The first-order chi connectivity index (χ1) is 16.1. The number of Topliss-reactive ketones (excluding diaryl/α,β-unsaturated/α-hetero) is 3. The van der Waals surface area contributed by atoms with E-state index in [0.717, 1.165) is 0 Å². The highest BCUT2D eigenvalue weighted by Crippen LogP contribution is 2.59. The lowest BCUT2D eigenvalue weighted by Gasteiger charge is -2.27. The number of ether oxygens (including phenoxy) is 3. The molecule has 0 amide bonds. The highest BCUT2D eigenvalue weighted by molar-refractivity contribution is 6.26. The minimum Gasteiger partial charge on any atom is -0.507 e. The average molecular weight is 460 g/mol. The number of aliphatic hydroxyl groups is 1. The van der Waals surface area contributed by atoms with Gasteiger partial charge in [0.15, 0.2) is 23.1 Å². The average Bonchev–Trinajstić information content (AvgIpc) is 3.27. The summed E-state index contributed by atoms with van der Waals surface area (Å²) in [5, 5.41) is 21.4. The van der Waals surface area contributed by atoms with Crippen LogP contribution in [-0.4, -0.2) is 34.7 Å². The molecule has 0 aromatic heterocycles. The largest absolute Gasteiger partial charge is 0.507 e. The predicted octanol–water partition coefficient (Wildman–Crippen LogP) is 3.84. The number of allylic oxidation sites excluding steroid dienone is 4. The van der Waals surface area contributed by atoms with Crippen LogP contribution in [0.25, 0.3) is 6.08 Å². The molecule has 2 aromatic rings. The standard InChI is InChI=1S/C26H20O8/c1-11-21(29)20-24(34-17-10-14(28)18(12(2)27)25(31)26(17,20)3)19-22(30)16(33-23(11)19)9-13-7-5-6-8-15(13)32-4/h5-10,28-29H,1-4H3/b16-9-/t26-/m0/s1. The Bertz CT molecular complexity index is 1440. The summed E-state index contributed by atoms with van der Waals surface area (Å²) >= 11 is 0. The first-order valence-electron chi connectivity index (χ1n) is 10.5. The third-order valence-corrected chi connectivity index (χ3v) is 6.46. The maximum absolute atomic E-state index is 13.4. The molecule has 34 heavy (non-hydrogen) atoms. The van der Waals surface area contributed by atoms with Crippen molar-refractivity contribution < 1.29 is 38.8 Å². The number of rotatable bonds is 3. The fourth-order valence-electron chi connectivity index (χ4n) is 4.66. The molecule has 8 heteroatoms. The van der Waals surface area contributed by atoms with E-state index in [1.54, 1.807) is 31.2 Å². The Morgan fingerprint density at radius 3 is 2.50 bits per heavy atom. The Labute approximate surface area is 194 Å². The number of fused-ring (bicyclic) bond motifs is 5. The quantitative estimate of drug-likeness (QED) is 0.524. The molecule has 0 spiro atoms. The summed E-state index contributed by atoms with van der Waals surface area (Å²) in [6.45, 7) is 4.22. The van der Waals surface area contributed by atoms with Gasteiger partial charge in [0.25, 0.3) is 0 Å². The van der Waals surface area contributed by atoms with Crippen LogP contribution in [0.5, 0.6) is 23.0 Å². The lowest BCUT2D eigenvalue weighted by Crippen LogP contribution is -2.38. The van der Waals surface area contributed by atoms with Crippen LogP contribution in [-0.2, 0) is 15.0 Å². The molecule has 0 bridgehead atoms. The Hall–Kier alpha value is -4.33. The van der Waals surface area contributed by atoms with E-state index >= 15 is 0 Å². The van der Waals surface area contributed by atoms with Gasteiger partial charge in [0.05, 0.1) is 12.7 Å². The van der Waals surface area contributed by atoms with Crippen LogP contribution in [0, 0.1) is 6.92 Å². The monoisotopic (exact) mass is 460 g/mol. The number of carbonyl (C=O) groups excluding carboxylic acids is 3. The van der Waals surface area contributed by atoms with Gasteiger partial charge >= 0.3 is 0 Å². The molecule has 0 radical (unpaired) electrons. The van der Waals surface area contributed by atoms with Crippen LogP contribution in [0.3, 0.4) is 0 Å². The number of benzene rings is 2. The first-order valence-corrected chi connectivity index (χ1v) is 10.5. The van der Waals surface area contributed by atoms with E-state index < -0.39 is 28.5 Å². The molecule has 2 N–H and O–H groups in total. The van der Waals surface area contributed by atoms with Gasteiger partial charge < -0.3 is 24.4 Å². The van der Waals surface area contributed by atoms with Gasteiger partial charge in [0, 0.05) is 17.2 Å². The van der Waals surface area contributed by atoms with Gasteiger partial charge in [-0.05, 0) is 32.9 Å². The number of carbonyl (C=O) groups is 3. The van der Waals surface area contributed by atoms with Crippen molar-refractivity contribution in [3.8, 4) is 23.0 Å². The third kappa shape index (κ3) is 2.62. The molecule has 5 rings (SSSR count). The van der Waals surface area contributed by atoms with Gasteiger partial charge in [-0.15, -0.1) is 0 Å². The number of phenols is 1. The minimum absolute atomic E-state index is 0.00746. The molecular weight excluding hydrogens is 440 g/mol. The molecule has 2 heterocycles. The SMILES string of the molecule is COc1ccccc1/C=C1\Oc2c(C)c(O)c3c(c2C1=O)OC1=CC(O)=C(C(C)=O)C(=O)[C@@]13C. The molecule has 0 saturated carbocycles. The minimum atomic E-state index is -1.60. The number of ketones is 3. The van der Waals surface area contributed by atoms with Crippen LogP contribution in [0.2, 0.25) is 0 Å². The molecule has 0 saturated heterocycles. The lowest BCUT2D eigenvalue weighted by molar-refractivity contribution is -0.123. The highest BCUT2D eigenvalue weighted by atomic mass is 16.5. The van der Waals surface area contributed by atoms with E-state index in [-0.39, 0.29) is 51.0 Å². The molecule has 8 nitrogen and oxygen atoms in total. The Morgan fingerprint density at radius 1 is 1.12 bits per heavy atom. The molecule has 2 aromatic carbocycles. The number of aromatic hydroxyl groups is 1. The molecule has 0 unspecified atom stereocenters. The smallest absolute Gasteiger partial charge is 0.235 e. The van der Waals surface area contributed by atoms with Gasteiger partial charge in [0.2, 0.25) is 5.78 Å². The molecule has 0 fully saturated rings. The van der Waals surface area contributed by atoms with E-state index in [4.69, 9.17) is 14.2 Å². The Balaban J connectivity index is 1.70. The summed E-state index contributed by atoms with van der Waals surface area (Å²) in [6.07, 6.45) is 2.70. The number of para-hydroxylation sites is 1. The van der Waals surface area contributed by atoms with Crippen molar-refractivity contribution in [3.63, 3.8) is 0 Å². The van der Waals surface area contributed by atoms with Crippen molar-refractivity contribution in [1.82, 2.24) is 0 Å². The molecule has 172 valence electrons. The third-order valence-electron chi connectivity index (χ3n) is 6.46. The number of aliphatic hydroxyl groups excluding tert-OH is 1. The van der Waals surface area contributed by atoms with Crippen molar-refractivity contribution in [2.24, 2.45) is 0 Å². The number of hydrogen-bond acceptors (Lipinski definition) is 8. The summed E-state index contributed by atoms with van der Waals surface area (Å²) in [5.74, 6) is -2.04. The second-order valence-electron chi connectivity index (χ2n) is 8.44. The second-order valence-corrected chi connectivity index (χ2v) is 8.44. The maximum Gasteiger partial charge on any atom is 0.235 e. The molecule has 1 aliphatic carbocycles. The summed E-state index contributed by atoms with van der Waals surface area (Å²) < 4.78 is 17.1. The lowest BCUT2D eigenvalue weighted by atomic mass is 9.71. The molecule has 1 atom stereocenters. The topological polar surface area (TPSA) is 119 Å². The van der Waals surface area contributed by atoms with E-state index in [9.17, 15) is 24.6 Å². The van der Waals surface area contributed by atoms with E-state index in [0.29, 0.717) is 11.3 Å². The number of methoxy groups -OCH3 is 1. The zero-order valence-electron chi connectivity index (χ0n) is 18.8. The first kappa shape index (κ1) is 21.5. The maximum atomic E-state index is 13.4. The zero-order chi connectivity index (χ0) is 24.5. The van der Waals surface area contributed by atoms with Crippen LogP contribution in [0.15, 0.2) is 53.2 Å². The normalized spacial score (nSPS) is 21.5. The molecule has 3 aliphatic rings. The van der Waals surface area contributed by atoms with Gasteiger partial charge in [-0.3, -0.25) is 14.4 Å². The summed E-state index contributed by atoms with van der Waals surface area (Å²) in [5.41, 5.74) is -1.02. The zero-order valence-corrected chi connectivity index (χ0v) is 18.8. The highest BCUT2D eigenvalue weighted by Gasteiger charge is 2.56. The van der Waals surface area contributed by atoms with Gasteiger partial charge in [-0.25, -0.2) is 0 Å². The molecular formula is C26H20O8. The van der Waals surface area contributed by atoms with Gasteiger partial charge in [0.1, 0.15) is 45.3 Å². The van der Waals surface area contributed by atoms with Crippen LogP contribution >= 0.6 is 0 Å². The van der Waals surface area contributed by atoms with Crippen LogP contribution in [0.1, 0.15) is 40.9 Å². The molecule has 2 aliphatic heterocycles. The van der Waals surface area contributed by atoms with Crippen LogP contribution < -0.4 is 14.2 Å². The van der Waals surface area contributed by atoms with E-state index in [2.05, 4.69) is 0 Å². The van der Waals surface area contributed by atoms with E-state index in [1.165, 1.54) is 33.1 Å². The van der Waals surface area contributed by atoms with Crippen molar-refractivity contribution in [3.05, 3.63) is 75.4 Å². The fraction of sp³-hybridized carbons (Fsp3) is 0.192.